The molecule has 1 aliphatic carbocycles. The molecule has 1 aliphatic heterocycles. The molecule has 1 saturated carbocycles. The van der Waals surface area contributed by atoms with Crippen LogP contribution in [0.25, 0.3) is 0 Å². The predicted molar refractivity (Wildman–Crippen MR) is 91.0 cm³/mol. The molecule has 2 heterocycles. The van der Waals surface area contributed by atoms with E-state index in [9.17, 15) is 38.1 Å². The number of rotatable bonds is 5. The SMILES string of the molecule is O=C1C=CC(=O)N1CC1CCC(C(=O)O)(n2c(O)cc(S(=O)(=O)O)c2O)CC1. The van der Waals surface area contributed by atoms with Gasteiger partial charge in [0.2, 0.25) is 5.88 Å². The van der Waals surface area contributed by atoms with Gasteiger partial charge in [-0.1, -0.05) is 0 Å². The highest BCUT2D eigenvalue weighted by Gasteiger charge is 2.48. The van der Waals surface area contributed by atoms with Gasteiger partial charge in [0.1, 0.15) is 5.54 Å². The predicted octanol–water partition coefficient (Wildman–Crippen LogP) is 0.0411. The van der Waals surface area contributed by atoms with Gasteiger partial charge < -0.3 is 15.3 Å². The number of aliphatic carboxylic acids is 1. The molecule has 1 fully saturated rings. The number of carbonyl (C=O) groups is 3. The van der Waals surface area contributed by atoms with Crippen LogP contribution in [0, 0.1) is 5.92 Å². The Bertz CT molecular complexity index is 966. The Labute approximate surface area is 159 Å². The number of aromatic hydroxyl groups is 2. The van der Waals surface area contributed by atoms with Crippen molar-refractivity contribution in [1.82, 2.24) is 9.47 Å². The average molecular weight is 414 g/mol. The Morgan fingerprint density at radius 3 is 2.11 bits per heavy atom. The first-order chi connectivity index (χ1) is 13.0. The number of amides is 2. The van der Waals surface area contributed by atoms with E-state index in [0.717, 1.165) is 17.1 Å². The summed E-state index contributed by atoms with van der Waals surface area (Å²) >= 11 is 0. The van der Waals surface area contributed by atoms with Crippen LogP contribution in [0.15, 0.2) is 23.1 Å². The first-order valence-electron chi connectivity index (χ1n) is 8.36. The van der Waals surface area contributed by atoms with Crippen molar-refractivity contribution in [2.45, 2.75) is 36.1 Å². The molecular formula is C16H18N2O9S. The highest BCUT2D eigenvalue weighted by Crippen LogP contribution is 2.45. The van der Waals surface area contributed by atoms with Crippen LogP contribution >= 0.6 is 0 Å². The van der Waals surface area contributed by atoms with Crippen LogP contribution in [0.4, 0.5) is 0 Å². The fourth-order valence-electron chi connectivity index (χ4n) is 3.82. The minimum atomic E-state index is -4.88. The molecule has 0 spiro atoms. The lowest BCUT2D eigenvalue weighted by molar-refractivity contribution is -0.151. The minimum Gasteiger partial charge on any atom is -0.494 e. The molecule has 4 N–H and O–H groups in total. The van der Waals surface area contributed by atoms with Crippen LogP contribution in [0.5, 0.6) is 11.8 Å². The summed E-state index contributed by atoms with van der Waals surface area (Å²) in [6.07, 6.45) is 2.58. The largest absolute Gasteiger partial charge is 0.494 e. The number of hydrogen-bond acceptors (Lipinski definition) is 7. The van der Waals surface area contributed by atoms with E-state index in [-0.39, 0.29) is 38.1 Å². The molecule has 0 aromatic carbocycles. The lowest BCUT2D eigenvalue weighted by Gasteiger charge is -2.39. The molecule has 0 radical (unpaired) electrons. The van der Waals surface area contributed by atoms with Gasteiger partial charge in [0.25, 0.3) is 21.9 Å². The Morgan fingerprint density at radius 1 is 1.14 bits per heavy atom. The molecule has 2 aliphatic rings. The summed E-state index contributed by atoms with van der Waals surface area (Å²) in [5.41, 5.74) is -1.84. The van der Waals surface area contributed by atoms with Crippen LogP contribution in [0.1, 0.15) is 25.7 Å². The Balaban J connectivity index is 1.87. The zero-order valence-electron chi connectivity index (χ0n) is 14.5. The number of hydrogen-bond donors (Lipinski definition) is 4. The fourth-order valence-corrected chi connectivity index (χ4v) is 4.39. The smallest absolute Gasteiger partial charge is 0.330 e. The molecule has 28 heavy (non-hydrogen) atoms. The van der Waals surface area contributed by atoms with Gasteiger partial charge in [0.15, 0.2) is 10.8 Å². The second-order valence-corrected chi connectivity index (χ2v) is 8.29. The molecule has 3 rings (SSSR count). The molecule has 0 saturated heterocycles. The highest BCUT2D eigenvalue weighted by atomic mass is 32.2. The lowest BCUT2D eigenvalue weighted by atomic mass is 9.76. The van der Waals surface area contributed by atoms with Gasteiger partial charge in [0.05, 0.1) is 0 Å². The monoisotopic (exact) mass is 414 g/mol. The number of aromatic nitrogens is 1. The van der Waals surface area contributed by atoms with Crippen molar-refractivity contribution < 1.29 is 42.7 Å². The quantitative estimate of drug-likeness (QED) is 0.383. The van der Waals surface area contributed by atoms with E-state index in [1.54, 1.807) is 0 Å². The topological polar surface area (TPSA) is 174 Å². The molecule has 0 atom stereocenters. The van der Waals surface area contributed by atoms with Crippen LogP contribution in [-0.4, -0.2) is 62.1 Å². The Hall–Kier alpha value is -2.86. The second-order valence-electron chi connectivity index (χ2n) is 6.90. The first kappa shape index (κ1) is 19.9. The molecule has 2 amide bonds. The van der Waals surface area contributed by atoms with Crippen LogP contribution < -0.4 is 0 Å². The van der Waals surface area contributed by atoms with Crippen LogP contribution in [0.3, 0.4) is 0 Å². The van der Waals surface area contributed by atoms with E-state index in [0.29, 0.717) is 10.6 Å². The lowest BCUT2D eigenvalue weighted by Crippen LogP contribution is -2.46. The summed E-state index contributed by atoms with van der Waals surface area (Å²) < 4.78 is 32.4. The van der Waals surface area contributed by atoms with Crippen molar-refractivity contribution in [2.75, 3.05) is 6.54 Å². The van der Waals surface area contributed by atoms with Gasteiger partial charge in [-0.3, -0.25) is 23.6 Å². The Morgan fingerprint density at radius 2 is 1.68 bits per heavy atom. The maximum atomic E-state index is 12.0. The minimum absolute atomic E-state index is 0.0998. The van der Waals surface area contributed by atoms with Gasteiger partial charge >= 0.3 is 5.97 Å². The third kappa shape index (κ3) is 3.14. The van der Waals surface area contributed by atoms with E-state index in [2.05, 4.69) is 0 Å². The summed E-state index contributed by atoms with van der Waals surface area (Å²) in [5.74, 6) is -4.38. The molecule has 1 aromatic heterocycles. The average Bonchev–Trinajstić information content (AvgIpc) is 3.08. The van der Waals surface area contributed by atoms with Gasteiger partial charge in [-0.15, -0.1) is 0 Å². The molecule has 0 bridgehead atoms. The third-order valence-corrected chi connectivity index (χ3v) is 6.16. The van der Waals surface area contributed by atoms with E-state index < -0.39 is 50.1 Å². The molecule has 0 unspecified atom stereocenters. The van der Waals surface area contributed by atoms with Crippen molar-refractivity contribution in [3.8, 4) is 11.8 Å². The van der Waals surface area contributed by atoms with Gasteiger partial charge in [-0.05, 0) is 31.6 Å². The van der Waals surface area contributed by atoms with Crippen molar-refractivity contribution in [2.24, 2.45) is 5.92 Å². The third-order valence-electron chi connectivity index (χ3n) is 5.30. The standard InChI is InChI=1S/C16H18N2O9S/c19-11-1-2-12(20)17(11)8-9-3-5-16(6-4-9,15(23)24)18-13(21)7-10(14(18)22)28(25,26)27/h1-2,7,9,21-22H,3-6,8H2,(H,23,24)(H,25,26,27). The maximum absolute atomic E-state index is 12.0. The fraction of sp³-hybridized carbons (Fsp3) is 0.438. The first-order valence-corrected chi connectivity index (χ1v) is 9.80. The Kier molecular flexibility index (Phi) is 4.71. The number of carboxylic acid groups (broad SMARTS) is 1. The normalized spacial score (nSPS) is 25.5. The zero-order valence-corrected chi connectivity index (χ0v) is 15.3. The van der Waals surface area contributed by atoms with E-state index in [1.165, 1.54) is 0 Å². The van der Waals surface area contributed by atoms with E-state index >= 15 is 0 Å². The number of imide groups is 1. The maximum Gasteiger partial charge on any atom is 0.330 e. The summed E-state index contributed by atoms with van der Waals surface area (Å²) in [7, 11) is -4.88. The number of carboxylic acids is 1. The van der Waals surface area contributed by atoms with Crippen molar-refractivity contribution >= 4 is 27.9 Å². The van der Waals surface area contributed by atoms with Crippen molar-refractivity contribution in [1.29, 1.82) is 0 Å². The molecule has 152 valence electrons. The van der Waals surface area contributed by atoms with Gasteiger partial charge in [-0.2, -0.15) is 8.42 Å². The molecule has 1 aromatic rings. The van der Waals surface area contributed by atoms with Gasteiger partial charge in [-0.25, -0.2) is 4.79 Å². The number of nitrogens with zero attached hydrogens (tertiary/aromatic N) is 2. The number of carbonyl (C=O) groups excluding carboxylic acids is 2. The van der Waals surface area contributed by atoms with E-state index in [1.807, 2.05) is 0 Å². The highest BCUT2D eigenvalue weighted by molar-refractivity contribution is 7.86. The molecule has 11 nitrogen and oxygen atoms in total. The molecular weight excluding hydrogens is 396 g/mol. The van der Waals surface area contributed by atoms with Crippen molar-refractivity contribution in [3.05, 3.63) is 18.2 Å². The van der Waals surface area contributed by atoms with Crippen LogP contribution in [-0.2, 0) is 30.0 Å². The summed E-state index contributed by atoms with van der Waals surface area (Å²) in [5, 5.41) is 30.0. The summed E-state index contributed by atoms with van der Waals surface area (Å²) in [6.45, 7) is 0.111. The summed E-state index contributed by atoms with van der Waals surface area (Å²) in [6, 6.07) is 0.578. The van der Waals surface area contributed by atoms with Crippen LogP contribution in [0.2, 0.25) is 0 Å². The van der Waals surface area contributed by atoms with Gasteiger partial charge in [0, 0.05) is 24.8 Å². The summed E-state index contributed by atoms with van der Waals surface area (Å²) in [4.78, 5) is 35.4. The van der Waals surface area contributed by atoms with E-state index in [4.69, 9.17) is 4.55 Å². The zero-order chi connectivity index (χ0) is 20.9. The second kappa shape index (κ2) is 6.63. The van der Waals surface area contributed by atoms with Crippen molar-refractivity contribution in [3.63, 3.8) is 0 Å². The molecule has 12 heteroatoms.